The highest BCUT2D eigenvalue weighted by Crippen LogP contribution is 2.09. The first-order chi connectivity index (χ1) is 5.88. The van der Waals surface area contributed by atoms with Crippen LogP contribution in [0.15, 0.2) is 12.4 Å². The Hall–Kier alpha value is -0.0000000000000000971. The van der Waals surface area contributed by atoms with Crippen molar-refractivity contribution in [3.63, 3.8) is 0 Å². The van der Waals surface area contributed by atoms with Crippen LogP contribution in [0.3, 0.4) is 0 Å². The average molecular weight is 276 g/mol. The molecule has 0 spiro atoms. The molecule has 1 atom stereocenters. The third kappa shape index (κ3) is 4.17. The van der Waals surface area contributed by atoms with Gasteiger partial charge in [0.2, 0.25) is 0 Å². The van der Waals surface area contributed by atoms with Crippen LogP contribution in [-0.4, -0.2) is 29.2 Å². The summed E-state index contributed by atoms with van der Waals surface area (Å²) in [5.41, 5.74) is 0. The molecule has 0 aliphatic carbocycles. The summed E-state index contributed by atoms with van der Waals surface area (Å²) in [5.74, 6) is 1.11. The molecule has 2 N–H and O–H groups in total. The van der Waals surface area contributed by atoms with Crippen LogP contribution in [0.2, 0.25) is 0 Å². The first-order valence-corrected chi connectivity index (χ1v) is 4.29. The van der Waals surface area contributed by atoms with E-state index in [9.17, 15) is 0 Å². The molecule has 1 aliphatic rings. The molecule has 2 rings (SSSR count). The van der Waals surface area contributed by atoms with E-state index in [0.29, 0.717) is 6.04 Å². The summed E-state index contributed by atoms with van der Waals surface area (Å²) in [6.45, 7) is 3.06. The Labute approximate surface area is 108 Å². The van der Waals surface area contributed by atoms with Crippen molar-refractivity contribution >= 4 is 37.2 Å². The molecular formula is C8H17Cl3N4. The van der Waals surface area contributed by atoms with E-state index in [1.807, 2.05) is 19.4 Å². The van der Waals surface area contributed by atoms with E-state index in [4.69, 9.17) is 0 Å². The van der Waals surface area contributed by atoms with Gasteiger partial charge in [-0.1, -0.05) is 0 Å². The number of nitrogens with zero attached hydrogens (tertiary/aromatic N) is 2. The topological polar surface area (TPSA) is 41.9 Å². The van der Waals surface area contributed by atoms with Crippen LogP contribution in [0, 0.1) is 0 Å². The fraction of sp³-hybridized carbons (Fsp3) is 0.625. The zero-order valence-corrected chi connectivity index (χ0v) is 10.9. The second-order valence-electron chi connectivity index (χ2n) is 3.11. The maximum atomic E-state index is 4.30. The molecule has 0 amide bonds. The van der Waals surface area contributed by atoms with Crippen LogP contribution >= 0.6 is 37.2 Å². The molecule has 1 unspecified atom stereocenters. The molecule has 1 aliphatic heterocycles. The van der Waals surface area contributed by atoms with E-state index in [1.54, 1.807) is 0 Å². The maximum absolute atomic E-state index is 4.30. The van der Waals surface area contributed by atoms with Crippen molar-refractivity contribution in [2.75, 3.05) is 19.6 Å². The van der Waals surface area contributed by atoms with Gasteiger partial charge in [0, 0.05) is 39.1 Å². The normalized spacial score (nSPS) is 19.4. The van der Waals surface area contributed by atoms with Gasteiger partial charge in [0.25, 0.3) is 0 Å². The average Bonchev–Trinajstić information content (AvgIpc) is 2.53. The maximum Gasteiger partial charge on any atom is 0.126 e. The Bertz CT molecular complexity index is 260. The predicted octanol–water partition coefficient (Wildman–Crippen LogP) is 0.919. The fourth-order valence-electron chi connectivity index (χ4n) is 1.55. The minimum atomic E-state index is 0. The summed E-state index contributed by atoms with van der Waals surface area (Å²) in [6, 6.07) is 0.374. The highest BCUT2D eigenvalue weighted by Gasteiger charge is 2.17. The van der Waals surface area contributed by atoms with Crippen molar-refractivity contribution in [3.8, 4) is 0 Å². The van der Waals surface area contributed by atoms with Gasteiger partial charge >= 0.3 is 0 Å². The Morgan fingerprint density at radius 1 is 1.33 bits per heavy atom. The molecule has 1 fully saturated rings. The number of halogens is 3. The molecular weight excluding hydrogens is 258 g/mol. The van der Waals surface area contributed by atoms with Crippen LogP contribution in [0.5, 0.6) is 0 Å². The van der Waals surface area contributed by atoms with Crippen molar-refractivity contribution in [1.29, 1.82) is 0 Å². The van der Waals surface area contributed by atoms with Crippen LogP contribution < -0.4 is 10.6 Å². The third-order valence-corrected chi connectivity index (χ3v) is 2.21. The molecule has 2 heterocycles. The molecule has 1 aromatic rings. The molecule has 0 bridgehead atoms. The summed E-state index contributed by atoms with van der Waals surface area (Å²) in [7, 11) is 2.03. The molecule has 4 nitrogen and oxygen atoms in total. The Balaban J connectivity index is 0. The second-order valence-corrected chi connectivity index (χ2v) is 3.11. The molecule has 0 aromatic carbocycles. The first-order valence-electron chi connectivity index (χ1n) is 4.29. The van der Waals surface area contributed by atoms with Crippen molar-refractivity contribution in [2.24, 2.45) is 7.05 Å². The van der Waals surface area contributed by atoms with E-state index < -0.39 is 0 Å². The Morgan fingerprint density at radius 2 is 2.07 bits per heavy atom. The summed E-state index contributed by atoms with van der Waals surface area (Å²) >= 11 is 0. The number of hydrogen-bond donors (Lipinski definition) is 2. The number of imidazole rings is 1. The lowest BCUT2D eigenvalue weighted by Crippen LogP contribution is -2.43. The molecule has 0 saturated carbocycles. The largest absolute Gasteiger partial charge is 0.337 e. The zero-order valence-electron chi connectivity index (χ0n) is 8.47. The number of aryl methyl sites for hydroxylation is 1. The lowest BCUT2D eigenvalue weighted by atomic mass is 10.2. The number of hydrogen-bond acceptors (Lipinski definition) is 3. The lowest BCUT2D eigenvalue weighted by molar-refractivity contribution is 0.408. The quantitative estimate of drug-likeness (QED) is 0.801. The van der Waals surface area contributed by atoms with E-state index in [0.717, 1.165) is 25.5 Å². The van der Waals surface area contributed by atoms with Gasteiger partial charge in [0.15, 0.2) is 0 Å². The number of nitrogens with one attached hydrogen (secondary N) is 2. The van der Waals surface area contributed by atoms with Gasteiger partial charge in [0.1, 0.15) is 5.82 Å². The Kier molecular flexibility index (Phi) is 9.49. The summed E-state index contributed by atoms with van der Waals surface area (Å²) < 4.78 is 2.06. The van der Waals surface area contributed by atoms with Gasteiger partial charge in [-0.15, -0.1) is 37.2 Å². The summed E-state index contributed by atoms with van der Waals surface area (Å²) in [6.07, 6.45) is 3.82. The predicted molar refractivity (Wildman–Crippen MR) is 68.6 cm³/mol. The van der Waals surface area contributed by atoms with E-state index in [2.05, 4.69) is 20.2 Å². The molecule has 15 heavy (non-hydrogen) atoms. The number of rotatable bonds is 1. The second kappa shape index (κ2) is 8.19. The molecule has 90 valence electrons. The van der Waals surface area contributed by atoms with Gasteiger partial charge in [-0.25, -0.2) is 4.98 Å². The SMILES string of the molecule is Cl.Cl.Cl.Cn1ccnc1C1CNCCN1. The Morgan fingerprint density at radius 3 is 2.53 bits per heavy atom. The minimum absolute atomic E-state index is 0. The van der Waals surface area contributed by atoms with Gasteiger partial charge in [-0.05, 0) is 0 Å². The molecule has 0 radical (unpaired) electrons. The van der Waals surface area contributed by atoms with Crippen LogP contribution in [0.1, 0.15) is 11.9 Å². The van der Waals surface area contributed by atoms with E-state index in [1.165, 1.54) is 0 Å². The van der Waals surface area contributed by atoms with E-state index in [-0.39, 0.29) is 37.2 Å². The van der Waals surface area contributed by atoms with Gasteiger partial charge in [-0.2, -0.15) is 0 Å². The lowest BCUT2D eigenvalue weighted by Gasteiger charge is -2.23. The van der Waals surface area contributed by atoms with Crippen molar-refractivity contribution in [1.82, 2.24) is 20.2 Å². The van der Waals surface area contributed by atoms with E-state index >= 15 is 0 Å². The minimum Gasteiger partial charge on any atom is -0.337 e. The van der Waals surface area contributed by atoms with Crippen LogP contribution in [-0.2, 0) is 7.05 Å². The summed E-state index contributed by atoms with van der Waals surface area (Å²) in [4.78, 5) is 4.30. The molecule has 1 saturated heterocycles. The van der Waals surface area contributed by atoms with Crippen molar-refractivity contribution in [2.45, 2.75) is 6.04 Å². The van der Waals surface area contributed by atoms with Crippen LogP contribution in [0.25, 0.3) is 0 Å². The monoisotopic (exact) mass is 274 g/mol. The highest BCUT2D eigenvalue weighted by atomic mass is 35.5. The number of piperazine rings is 1. The van der Waals surface area contributed by atoms with Gasteiger partial charge in [0.05, 0.1) is 6.04 Å². The first kappa shape index (κ1) is 17.4. The third-order valence-electron chi connectivity index (χ3n) is 2.21. The molecule has 7 heteroatoms. The van der Waals surface area contributed by atoms with Gasteiger partial charge in [-0.3, -0.25) is 0 Å². The van der Waals surface area contributed by atoms with Crippen LogP contribution in [0.4, 0.5) is 0 Å². The molecule has 1 aromatic heterocycles. The van der Waals surface area contributed by atoms with Crippen molar-refractivity contribution < 1.29 is 0 Å². The number of aromatic nitrogens is 2. The summed E-state index contributed by atoms with van der Waals surface area (Å²) in [5, 5.41) is 6.75. The fourth-order valence-corrected chi connectivity index (χ4v) is 1.55. The van der Waals surface area contributed by atoms with Gasteiger partial charge < -0.3 is 15.2 Å². The highest BCUT2D eigenvalue weighted by molar-refractivity contribution is 5.86. The van der Waals surface area contributed by atoms with Crippen molar-refractivity contribution in [3.05, 3.63) is 18.2 Å². The smallest absolute Gasteiger partial charge is 0.126 e. The zero-order chi connectivity index (χ0) is 8.39. The standard InChI is InChI=1S/C8H14N4.3ClH/c1-12-5-4-11-8(12)7-6-9-2-3-10-7;;;/h4-5,7,9-10H,2-3,6H2,1H3;3*1H.